The number of hydrogen-bond acceptors (Lipinski definition) is 4. The first-order valence-corrected chi connectivity index (χ1v) is 8.57. The van der Waals surface area contributed by atoms with Crippen molar-refractivity contribution in [3.8, 4) is 0 Å². The van der Waals surface area contributed by atoms with E-state index in [-0.39, 0.29) is 11.6 Å². The van der Waals surface area contributed by atoms with Crippen LogP contribution in [0.15, 0.2) is 28.1 Å². The SMILES string of the molecule is CCCNc1ccc(Cl)c(C(=O)NCc2sccc2Br)n1. The zero-order valence-corrected chi connectivity index (χ0v) is 14.6. The van der Waals surface area contributed by atoms with E-state index < -0.39 is 0 Å². The van der Waals surface area contributed by atoms with Crippen molar-refractivity contribution in [3.05, 3.63) is 43.6 Å². The first-order chi connectivity index (χ1) is 10.1. The highest BCUT2D eigenvalue weighted by Crippen LogP contribution is 2.22. The molecule has 2 rings (SSSR count). The second-order valence-corrected chi connectivity index (χ2v) is 6.59. The predicted octanol–water partition coefficient (Wildman–Crippen LogP) is 4.31. The van der Waals surface area contributed by atoms with Crippen LogP contribution in [0.4, 0.5) is 5.82 Å². The highest BCUT2D eigenvalue weighted by atomic mass is 79.9. The van der Waals surface area contributed by atoms with E-state index >= 15 is 0 Å². The number of rotatable bonds is 6. The van der Waals surface area contributed by atoms with Gasteiger partial charge in [0.2, 0.25) is 0 Å². The van der Waals surface area contributed by atoms with E-state index in [9.17, 15) is 4.79 Å². The van der Waals surface area contributed by atoms with Crippen LogP contribution in [0.25, 0.3) is 0 Å². The van der Waals surface area contributed by atoms with E-state index in [4.69, 9.17) is 11.6 Å². The van der Waals surface area contributed by atoms with Crippen molar-refractivity contribution >= 4 is 50.6 Å². The second-order valence-electron chi connectivity index (χ2n) is 4.33. The first kappa shape index (κ1) is 16.3. The van der Waals surface area contributed by atoms with Crippen molar-refractivity contribution in [2.45, 2.75) is 19.9 Å². The molecule has 2 N–H and O–H groups in total. The number of amides is 1. The summed E-state index contributed by atoms with van der Waals surface area (Å²) >= 11 is 11.1. The highest BCUT2D eigenvalue weighted by molar-refractivity contribution is 9.10. The molecule has 0 bridgehead atoms. The number of anilines is 1. The lowest BCUT2D eigenvalue weighted by atomic mass is 10.3. The van der Waals surface area contributed by atoms with Gasteiger partial charge in [0.15, 0.2) is 0 Å². The third-order valence-electron chi connectivity index (χ3n) is 2.72. The molecular weight excluding hydrogens is 374 g/mol. The Bertz CT molecular complexity index is 632. The van der Waals surface area contributed by atoms with E-state index in [1.165, 1.54) is 0 Å². The minimum absolute atomic E-state index is 0.241. The third-order valence-corrected chi connectivity index (χ3v) is 4.95. The fourth-order valence-electron chi connectivity index (χ4n) is 1.65. The van der Waals surface area contributed by atoms with Gasteiger partial charge in [0.1, 0.15) is 11.5 Å². The number of carbonyl (C=O) groups is 1. The van der Waals surface area contributed by atoms with Gasteiger partial charge in [0, 0.05) is 15.9 Å². The van der Waals surface area contributed by atoms with E-state index in [1.54, 1.807) is 23.5 Å². The average molecular weight is 389 g/mol. The fraction of sp³-hybridized carbons (Fsp3) is 0.286. The molecule has 0 saturated heterocycles. The second kappa shape index (κ2) is 7.77. The largest absolute Gasteiger partial charge is 0.370 e. The van der Waals surface area contributed by atoms with Gasteiger partial charge in [-0.15, -0.1) is 11.3 Å². The molecule has 2 aromatic heterocycles. The Morgan fingerprint density at radius 3 is 2.90 bits per heavy atom. The van der Waals surface area contributed by atoms with E-state index in [2.05, 4.69) is 38.5 Å². The van der Waals surface area contributed by atoms with Crippen molar-refractivity contribution in [1.29, 1.82) is 0 Å². The van der Waals surface area contributed by atoms with Crippen molar-refractivity contribution in [3.63, 3.8) is 0 Å². The summed E-state index contributed by atoms with van der Waals surface area (Å²) in [4.78, 5) is 17.5. The number of thiophene rings is 1. The Morgan fingerprint density at radius 1 is 1.43 bits per heavy atom. The summed E-state index contributed by atoms with van der Waals surface area (Å²) in [7, 11) is 0. The highest BCUT2D eigenvalue weighted by Gasteiger charge is 2.13. The molecule has 2 aromatic rings. The summed E-state index contributed by atoms with van der Waals surface area (Å²) in [5, 5.41) is 8.28. The Morgan fingerprint density at radius 2 is 2.24 bits per heavy atom. The number of nitrogens with zero attached hydrogens (tertiary/aromatic N) is 1. The normalized spacial score (nSPS) is 10.4. The molecular formula is C14H15BrClN3OS. The molecule has 0 unspecified atom stereocenters. The van der Waals surface area contributed by atoms with Gasteiger partial charge in [-0.25, -0.2) is 4.98 Å². The molecule has 0 radical (unpaired) electrons. The average Bonchev–Trinajstić information content (AvgIpc) is 2.89. The molecule has 112 valence electrons. The lowest BCUT2D eigenvalue weighted by Gasteiger charge is -2.09. The number of carbonyl (C=O) groups excluding carboxylic acids is 1. The minimum atomic E-state index is -0.277. The van der Waals surface area contributed by atoms with Crippen molar-refractivity contribution in [1.82, 2.24) is 10.3 Å². The number of halogens is 2. The molecule has 0 saturated carbocycles. The van der Waals surface area contributed by atoms with Crippen LogP contribution in [0.5, 0.6) is 0 Å². The standard InChI is InChI=1S/C14H15BrClN3OS/c1-2-6-17-12-4-3-10(16)13(19-12)14(20)18-8-11-9(15)5-7-21-11/h3-5,7H,2,6,8H2,1H3,(H,17,19)(H,18,20). The monoisotopic (exact) mass is 387 g/mol. The van der Waals surface area contributed by atoms with Crippen molar-refractivity contribution in [2.75, 3.05) is 11.9 Å². The van der Waals surface area contributed by atoms with Gasteiger partial charge in [0.05, 0.1) is 11.6 Å². The summed E-state index contributed by atoms with van der Waals surface area (Å²) in [6.45, 7) is 3.31. The fourth-order valence-corrected chi connectivity index (χ4v) is 3.27. The van der Waals surface area contributed by atoms with Crippen LogP contribution >= 0.6 is 38.9 Å². The van der Waals surface area contributed by atoms with Gasteiger partial charge >= 0.3 is 0 Å². The minimum Gasteiger partial charge on any atom is -0.370 e. The van der Waals surface area contributed by atoms with Gasteiger partial charge in [-0.1, -0.05) is 18.5 Å². The number of pyridine rings is 1. The zero-order chi connectivity index (χ0) is 15.2. The van der Waals surface area contributed by atoms with Gasteiger partial charge in [-0.05, 0) is 45.9 Å². The summed E-state index contributed by atoms with van der Waals surface area (Å²) < 4.78 is 0.991. The quantitative estimate of drug-likeness (QED) is 0.775. The molecule has 0 spiro atoms. The van der Waals surface area contributed by atoms with Crippen LogP contribution < -0.4 is 10.6 Å². The molecule has 21 heavy (non-hydrogen) atoms. The number of aromatic nitrogens is 1. The summed E-state index contributed by atoms with van der Waals surface area (Å²) in [6.07, 6.45) is 0.984. The smallest absolute Gasteiger partial charge is 0.271 e. The molecule has 1 amide bonds. The Labute approximate surface area is 141 Å². The molecule has 2 heterocycles. The van der Waals surface area contributed by atoms with Crippen molar-refractivity contribution in [2.24, 2.45) is 0 Å². The van der Waals surface area contributed by atoms with Crippen LogP contribution in [0.1, 0.15) is 28.7 Å². The molecule has 0 aromatic carbocycles. The summed E-state index contributed by atoms with van der Waals surface area (Å²) in [6, 6.07) is 5.40. The Kier molecular flexibility index (Phi) is 6.02. The lowest BCUT2D eigenvalue weighted by molar-refractivity contribution is 0.0946. The number of nitrogens with one attached hydrogen (secondary N) is 2. The molecule has 0 aliphatic carbocycles. The van der Waals surface area contributed by atoms with Crippen LogP contribution in [0.2, 0.25) is 5.02 Å². The van der Waals surface area contributed by atoms with Crippen LogP contribution in [0, 0.1) is 0 Å². The van der Waals surface area contributed by atoms with Crippen LogP contribution in [-0.4, -0.2) is 17.4 Å². The maximum Gasteiger partial charge on any atom is 0.271 e. The molecule has 0 fully saturated rings. The van der Waals surface area contributed by atoms with E-state index in [0.717, 1.165) is 22.3 Å². The first-order valence-electron chi connectivity index (χ1n) is 6.52. The van der Waals surface area contributed by atoms with E-state index in [0.29, 0.717) is 17.4 Å². The molecule has 0 aliphatic rings. The van der Waals surface area contributed by atoms with Crippen LogP contribution in [-0.2, 0) is 6.54 Å². The summed E-state index contributed by atoms with van der Waals surface area (Å²) in [5.41, 5.74) is 0.241. The molecule has 4 nitrogen and oxygen atoms in total. The Hall–Kier alpha value is -1.11. The molecule has 0 aliphatic heterocycles. The maximum absolute atomic E-state index is 12.2. The van der Waals surface area contributed by atoms with Crippen molar-refractivity contribution < 1.29 is 4.79 Å². The van der Waals surface area contributed by atoms with Gasteiger partial charge in [-0.3, -0.25) is 4.79 Å². The predicted molar refractivity (Wildman–Crippen MR) is 91.2 cm³/mol. The lowest BCUT2D eigenvalue weighted by Crippen LogP contribution is -2.24. The van der Waals surface area contributed by atoms with Crippen LogP contribution in [0.3, 0.4) is 0 Å². The zero-order valence-electron chi connectivity index (χ0n) is 11.5. The van der Waals surface area contributed by atoms with Gasteiger partial charge in [0.25, 0.3) is 5.91 Å². The van der Waals surface area contributed by atoms with Gasteiger partial charge in [-0.2, -0.15) is 0 Å². The topological polar surface area (TPSA) is 54.0 Å². The maximum atomic E-state index is 12.2. The molecule has 7 heteroatoms. The number of hydrogen-bond donors (Lipinski definition) is 2. The Balaban J connectivity index is 2.05. The van der Waals surface area contributed by atoms with E-state index in [1.807, 2.05) is 11.4 Å². The van der Waals surface area contributed by atoms with Gasteiger partial charge < -0.3 is 10.6 Å². The summed E-state index contributed by atoms with van der Waals surface area (Å²) in [5.74, 6) is 0.379. The molecule has 0 atom stereocenters. The third kappa shape index (κ3) is 4.43.